The molecule has 2 aromatic rings. The van der Waals surface area contributed by atoms with Gasteiger partial charge in [-0.2, -0.15) is 0 Å². The minimum absolute atomic E-state index is 0.0508. The summed E-state index contributed by atoms with van der Waals surface area (Å²) in [7, 11) is 0. The van der Waals surface area contributed by atoms with Gasteiger partial charge in [0.15, 0.2) is 5.78 Å². The Morgan fingerprint density at radius 3 is 2.53 bits per heavy atom. The summed E-state index contributed by atoms with van der Waals surface area (Å²) in [6, 6.07) is 11.1. The van der Waals surface area contributed by atoms with E-state index in [0.29, 0.717) is 17.7 Å². The quantitative estimate of drug-likeness (QED) is 0.769. The second-order valence-electron chi connectivity index (χ2n) is 4.62. The molecule has 0 N–H and O–H groups in total. The van der Waals surface area contributed by atoms with Gasteiger partial charge in [-0.15, -0.1) is 0 Å². The Bertz CT molecular complexity index is 550. The minimum atomic E-state index is 0.0508. The molecule has 3 heteroatoms. The number of aromatic nitrogens is 1. The Labute approximate surface area is 113 Å². The zero-order chi connectivity index (χ0) is 13.7. The average molecular weight is 255 g/mol. The first kappa shape index (κ1) is 13.3. The Hall–Kier alpha value is -2.16. The van der Waals surface area contributed by atoms with Crippen molar-refractivity contribution >= 4 is 5.78 Å². The van der Waals surface area contributed by atoms with Crippen LogP contribution in [-0.2, 0) is 6.42 Å². The maximum absolute atomic E-state index is 12.3. The zero-order valence-electron chi connectivity index (χ0n) is 11.2. The molecule has 1 heterocycles. The molecule has 0 bridgehead atoms. The number of para-hydroxylation sites is 1. The van der Waals surface area contributed by atoms with Gasteiger partial charge in [-0.1, -0.05) is 12.1 Å². The van der Waals surface area contributed by atoms with Crippen LogP contribution in [0, 0.1) is 0 Å². The zero-order valence-corrected chi connectivity index (χ0v) is 11.2. The summed E-state index contributed by atoms with van der Waals surface area (Å²) in [6.45, 7) is 3.90. The standard InChI is InChI=1S/C16H17NO2/c1-12(2)19-16-6-4-3-5-14(16)15(18)11-13-7-9-17-10-8-13/h3-10,12H,11H2,1-2H3. The van der Waals surface area contributed by atoms with Gasteiger partial charge in [0, 0.05) is 18.8 Å². The van der Waals surface area contributed by atoms with Gasteiger partial charge in [0.2, 0.25) is 0 Å². The topological polar surface area (TPSA) is 39.2 Å². The summed E-state index contributed by atoms with van der Waals surface area (Å²) < 4.78 is 5.67. The summed E-state index contributed by atoms with van der Waals surface area (Å²) in [6.07, 6.45) is 3.80. The van der Waals surface area contributed by atoms with Gasteiger partial charge in [-0.25, -0.2) is 0 Å². The molecule has 0 fully saturated rings. The number of carbonyl (C=O) groups excluding carboxylic acids is 1. The summed E-state index contributed by atoms with van der Waals surface area (Å²) in [5.41, 5.74) is 1.59. The first-order valence-corrected chi connectivity index (χ1v) is 6.34. The fourth-order valence-corrected chi connectivity index (χ4v) is 1.83. The monoisotopic (exact) mass is 255 g/mol. The lowest BCUT2D eigenvalue weighted by molar-refractivity contribution is 0.0987. The van der Waals surface area contributed by atoms with Crippen LogP contribution in [0.3, 0.4) is 0 Å². The molecule has 98 valence electrons. The van der Waals surface area contributed by atoms with Crippen molar-refractivity contribution < 1.29 is 9.53 Å². The van der Waals surface area contributed by atoms with Crippen LogP contribution < -0.4 is 4.74 Å². The number of benzene rings is 1. The highest BCUT2D eigenvalue weighted by Gasteiger charge is 2.13. The molecule has 0 spiro atoms. The largest absolute Gasteiger partial charge is 0.490 e. The molecular weight excluding hydrogens is 238 g/mol. The van der Waals surface area contributed by atoms with Crippen molar-refractivity contribution in [3.05, 3.63) is 59.9 Å². The van der Waals surface area contributed by atoms with E-state index in [1.165, 1.54) is 0 Å². The highest BCUT2D eigenvalue weighted by atomic mass is 16.5. The third-order valence-corrected chi connectivity index (χ3v) is 2.66. The number of hydrogen-bond donors (Lipinski definition) is 0. The molecule has 1 aromatic carbocycles. The molecule has 0 amide bonds. The predicted molar refractivity (Wildman–Crippen MR) is 74.5 cm³/mol. The number of hydrogen-bond acceptors (Lipinski definition) is 3. The van der Waals surface area contributed by atoms with Gasteiger partial charge in [-0.3, -0.25) is 9.78 Å². The first-order valence-electron chi connectivity index (χ1n) is 6.34. The van der Waals surface area contributed by atoms with Gasteiger partial charge in [0.05, 0.1) is 11.7 Å². The van der Waals surface area contributed by atoms with Gasteiger partial charge >= 0.3 is 0 Å². The molecule has 0 saturated carbocycles. The fourth-order valence-electron chi connectivity index (χ4n) is 1.83. The Kier molecular flexibility index (Phi) is 4.29. The number of Topliss-reactive ketones (excluding diaryl/α,β-unsaturated/α-hetero) is 1. The van der Waals surface area contributed by atoms with E-state index < -0.39 is 0 Å². The molecule has 0 aliphatic rings. The Morgan fingerprint density at radius 1 is 1.16 bits per heavy atom. The van der Waals surface area contributed by atoms with Crippen molar-refractivity contribution in [2.75, 3.05) is 0 Å². The molecule has 0 saturated heterocycles. The third kappa shape index (κ3) is 3.65. The van der Waals surface area contributed by atoms with Gasteiger partial charge in [-0.05, 0) is 43.7 Å². The fraction of sp³-hybridized carbons (Fsp3) is 0.250. The van der Waals surface area contributed by atoms with E-state index in [0.717, 1.165) is 5.56 Å². The Balaban J connectivity index is 2.19. The molecule has 0 unspecified atom stereocenters. The molecule has 2 rings (SSSR count). The van der Waals surface area contributed by atoms with E-state index in [1.807, 2.05) is 44.2 Å². The molecule has 1 aromatic heterocycles. The first-order chi connectivity index (χ1) is 9.16. The van der Waals surface area contributed by atoms with Gasteiger partial charge in [0.1, 0.15) is 5.75 Å². The molecule has 0 aliphatic carbocycles. The predicted octanol–water partition coefficient (Wildman–Crippen LogP) is 3.29. The Morgan fingerprint density at radius 2 is 1.84 bits per heavy atom. The second-order valence-corrected chi connectivity index (χ2v) is 4.62. The van der Waals surface area contributed by atoms with Crippen LogP contribution in [0.15, 0.2) is 48.8 Å². The molecule has 0 atom stereocenters. The van der Waals surface area contributed by atoms with Crippen molar-refractivity contribution in [2.24, 2.45) is 0 Å². The molecule has 0 radical (unpaired) electrons. The molecule has 19 heavy (non-hydrogen) atoms. The lowest BCUT2D eigenvalue weighted by Gasteiger charge is -2.13. The second kappa shape index (κ2) is 6.14. The number of ether oxygens (including phenoxy) is 1. The van der Waals surface area contributed by atoms with Crippen molar-refractivity contribution in [1.29, 1.82) is 0 Å². The normalized spacial score (nSPS) is 10.5. The lowest BCUT2D eigenvalue weighted by Crippen LogP contribution is -2.11. The highest BCUT2D eigenvalue weighted by Crippen LogP contribution is 2.21. The lowest BCUT2D eigenvalue weighted by atomic mass is 10.0. The van der Waals surface area contributed by atoms with Crippen molar-refractivity contribution in [1.82, 2.24) is 4.98 Å². The van der Waals surface area contributed by atoms with E-state index in [1.54, 1.807) is 18.5 Å². The summed E-state index contributed by atoms with van der Waals surface area (Å²) in [4.78, 5) is 16.3. The van der Waals surface area contributed by atoms with Gasteiger partial charge in [0.25, 0.3) is 0 Å². The van der Waals surface area contributed by atoms with Crippen LogP contribution in [0.4, 0.5) is 0 Å². The summed E-state index contributed by atoms with van der Waals surface area (Å²) in [5.74, 6) is 0.707. The van der Waals surface area contributed by atoms with E-state index in [-0.39, 0.29) is 11.9 Å². The van der Waals surface area contributed by atoms with Crippen molar-refractivity contribution in [3.63, 3.8) is 0 Å². The van der Waals surface area contributed by atoms with Crippen LogP contribution in [0.2, 0.25) is 0 Å². The molecular formula is C16H17NO2. The maximum atomic E-state index is 12.3. The number of rotatable bonds is 5. The smallest absolute Gasteiger partial charge is 0.170 e. The van der Waals surface area contributed by atoms with Crippen LogP contribution in [0.5, 0.6) is 5.75 Å². The molecule has 3 nitrogen and oxygen atoms in total. The number of nitrogens with zero attached hydrogens (tertiary/aromatic N) is 1. The summed E-state index contributed by atoms with van der Waals surface area (Å²) in [5, 5.41) is 0. The van der Waals surface area contributed by atoms with Crippen LogP contribution in [-0.4, -0.2) is 16.9 Å². The molecule has 0 aliphatic heterocycles. The van der Waals surface area contributed by atoms with Crippen LogP contribution in [0.25, 0.3) is 0 Å². The average Bonchev–Trinajstić information content (AvgIpc) is 2.39. The van der Waals surface area contributed by atoms with Crippen molar-refractivity contribution in [3.8, 4) is 5.75 Å². The van der Waals surface area contributed by atoms with Crippen LogP contribution >= 0.6 is 0 Å². The highest BCUT2D eigenvalue weighted by molar-refractivity contribution is 5.99. The maximum Gasteiger partial charge on any atom is 0.170 e. The SMILES string of the molecule is CC(C)Oc1ccccc1C(=O)Cc1ccncc1. The summed E-state index contributed by atoms with van der Waals surface area (Å²) >= 11 is 0. The van der Waals surface area contributed by atoms with Crippen LogP contribution in [0.1, 0.15) is 29.8 Å². The van der Waals surface area contributed by atoms with E-state index in [4.69, 9.17) is 4.74 Å². The number of ketones is 1. The van der Waals surface area contributed by atoms with Crippen molar-refractivity contribution in [2.45, 2.75) is 26.4 Å². The van der Waals surface area contributed by atoms with Gasteiger partial charge < -0.3 is 4.74 Å². The van der Waals surface area contributed by atoms with E-state index in [9.17, 15) is 4.79 Å². The third-order valence-electron chi connectivity index (χ3n) is 2.66. The number of carbonyl (C=O) groups is 1. The minimum Gasteiger partial charge on any atom is -0.490 e. The van der Waals surface area contributed by atoms with E-state index >= 15 is 0 Å². The van der Waals surface area contributed by atoms with E-state index in [2.05, 4.69) is 4.98 Å². The number of pyridine rings is 1.